The molecule has 0 bridgehead atoms. The van der Waals surface area contributed by atoms with E-state index in [2.05, 4.69) is 42.5 Å². The molecule has 0 saturated heterocycles. The van der Waals surface area contributed by atoms with Crippen LogP contribution in [0.25, 0.3) is 0 Å². The summed E-state index contributed by atoms with van der Waals surface area (Å²) in [5.41, 5.74) is 3.02. The average Bonchev–Trinajstić information content (AvgIpc) is 2.52. The van der Waals surface area contributed by atoms with Crippen molar-refractivity contribution in [3.63, 3.8) is 0 Å². The van der Waals surface area contributed by atoms with Gasteiger partial charge in [0, 0.05) is 31.4 Å². The van der Waals surface area contributed by atoms with Crippen molar-refractivity contribution in [1.82, 2.24) is 10.3 Å². The molecule has 122 valence electrons. The van der Waals surface area contributed by atoms with Crippen molar-refractivity contribution in [3.8, 4) is 0 Å². The number of amides is 1. The molecule has 0 unspecified atom stereocenters. The number of benzene rings is 1. The van der Waals surface area contributed by atoms with Gasteiger partial charge in [0.1, 0.15) is 0 Å². The molecule has 1 aromatic heterocycles. The average molecular weight is 311 g/mol. The first-order valence-corrected chi connectivity index (χ1v) is 7.97. The zero-order valence-corrected chi connectivity index (χ0v) is 14.1. The first kappa shape index (κ1) is 17.2. The Morgan fingerprint density at radius 3 is 2.52 bits per heavy atom. The van der Waals surface area contributed by atoms with E-state index in [1.807, 2.05) is 36.4 Å². The third-order valence-electron chi connectivity index (χ3n) is 3.57. The van der Waals surface area contributed by atoms with Crippen molar-refractivity contribution in [2.75, 3.05) is 11.9 Å². The molecule has 0 aliphatic rings. The lowest BCUT2D eigenvalue weighted by atomic mass is 9.86. The molecule has 4 nitrogen and oxygen atoms in total. The maximum atomic E-state index is 12.1. The molecule has 0 fully saturated rings. The summed E-state index contributed by atoms with van der Waals surface area (Å²) in [6.45, 7) is 7.73. The van der Waals surface area contributed by atoms with Gasteiger partial charge in [-0.1, -0.05) is 45.0 Å². The number of nitrogens with zero attached hydrogens (tertiary/aromatic N) is 1. The molecule has 1 aromatic carbocycles. The minimum atomic E-state index is 0.00109. The van der Waals surface area contributed by atoms with Crippen LogP contribution in [-0.2, 0) is 16.8 Å². The van der Waals surface area contributed by atoms with Gasteiger partial charge in [0.15, 0.2) is 0 Å². The van der Waals surface area contributed by atoms with Gasteiger partial charge in [-0.2, -0.15) is 0 Å². The van der Waals surface area contributed by atoms with Crippen molar-refractivity contribution in [2.24, 2.45) is 0 Å². The molecule has 1 heterocycles. The summed E-state index contributed by atoms with van der Waals surface area (Å²) in [5.74, 6) is 0.0234. The van der Waals surface area contributed by atoms with Crippen LogP contribution in [-0.4, -0.2) is 17.4 Å². The molecule has 0 spiro atoms. The fourth-order valence-electron chi connectivity index (χ4n) is 2.38. The Hall–Kier alpha value is -2.20. The third-order valence-corrected chi connectivity index (χ3v) is 3.57. The van der Waals surface area contributed by atoms with Crippen LogP contribution in [0.1, 0.15) is 38.4 Å². The summed E-state index contributed by atoms with van der Waals surface area (Å²) < 4.78 is 0. The molecule has 0 radical (unpaired) electrons. The normalized spacial score (nSPS) is 11.3. The maximum absolute atomic E-state index is 12.1. The van der Waals surface area contributed by atoms with E-state index in [1.165, 1.54) is 0 Å². The number of anilines is 1. The van der Waals surface area contributed by atoms with Crippen LogP contribution in [0, 0.1) is 0 Å². The Labute approximate surface area is 138 Å². The second-order valence-electron chi connectivity index (χ2n) is 6.59. The summed E-state index contributed by atoms with van der Waals surface area (Å²) in [4.78, 5) is 16.4. The summed E-state index contributed by atoms with van der Waals surface area (Å²) >= 11 is 0. The van der Waals surface area contributed by atoms with E-state index in [1.54, 1.807) is 6.20 Å². The lowest BCUT2D eigenvalue weighted by molar-refractivity contribution is -0.116. The zero-order valence-electron chi connectivity index (χ0n) is 14.1. The van der Waals surface area contributed by atoms with E-state index in [-0.39, 0.29) is 11.3 Å². The van der Waals surface area contributed by atoms with Gasteiger partial charge >= 0.3 is 0 Å². The van der Waals surface area contributed by atoms with Crippen molar-refractivity contribution in [1.29, 1.82) is 0 Å². The fraction of sp³-hybridized carbons (Fsp3) is 0.368. The van der Waals surface area contributed by atoms with Crippen LogP contribution in [0.15, 0.2) is 48.7 Å². The lowest BCUT2D eigenvalue weighted by Crippen LogP contribution is -2.23. The molecule has 0 aliphatic carbocycles. The Morgan fingerprint density at radius 2 is 1.83 bits per heavy atom. The van der Waals surface area contributed by atoms with Crippen molar-refractivity contribution in [3.05, 3.63) is 59.9 Å². The predicted molar refractivity (Wildman–Crippen MR) is 94.3 cm³/mol. The first-order valence-electron chi connectivity index (χ1n) is 7.97. The number of hydrogen-bond donors (Lipinski definition) is 2. The standard InChI is InChI=1S/C19H25N3O/c1-19(2,3)16-9-4-5-10-17(16)22-18(23)11-13-20-14-15-8-6-7-12-21-15/h4-10,12,20H,11,13-14H2,1-3H3,(H,22,23). The van der Waals surface area contributed by atoms with E-state index >= 15 is 0 Å². The van der Waals surface area contributed by atoms with E-state index in [9.17, 15) is 4.79 Å². The quantitative estimate of drug-likeness (QED) is 0.803. The Morgan fingerprint density at radius 1 is 1.09 bits per heavy atom. The topological polar surface area (TPSA) is 54.0 Å². The molecule has 0 aliphatic heterocycles. The highest BCUT2D eigenvalue weighted by Crippen LogP contribution is 2.29. The van der Waals surface area contributed by atoms with Crippen LogP contribution in [0.3, 0.4) is 0 Å². The first-order chi connectivity index (χ1) is 11.0. The number of carbonyl (C=O) groups is 1. The summed E-state index contributed by atoms with van der Waals surface area (Å²) in [5, 5.41) is 6.26. The molecule has 4 heteroatoms. The molecular weight excluding hydrogens is 286 g/mol. The van der Waals surface area contributed by atoms with Gasteiger partial charge in [-0.3, -0.25) is 9.78 Å². The second-order valence-corrected chi connectivity index (χ2v) is 6.59. The fourth-order valence-corrected chi connectivity index (χ4v) is 2.38. The summed E-state index contributed by atoms with van der Waals surface area (Å²) in [6, 6.07) is 13.8. The monoisotopic (exact) mass is 311 g/mol. The van der Waals surface area contributed by atoms with Gasteiger partial charge in [0.05, 0.1) is 5.69 Å². The minimum absolute atomic E-state index is 0.00109. The molecule has 0 atom stereocenters. The Bertz CT molecular complexity index is 633. The number of para-hydroxylation sites is 1. The predicted octanol–water partition coefficient (Wildman–Crippen LogP) is 3.50. The largest absolute Gasteiger partial charge is 0.326 e. The highest BCUT2D eigenvalue weighted by atomic mass is 16.1. The van der Waals surface area contributed by atoms with Crippen LogP contribution >= 0.6 is 0 Å². The van der Waals surface area contributed by atoms with Crippen molar-refractivity contribution in [2.45, 2.75) is 39.2 Å². The molecule has 2 N–H and O–H groups in total. The highest BCUT2D eigenvalue weighted by Gasteiger charge is 2.18. The number of aromatic nitrogens is 1. The van der Waals surface area contributed by atoms with Crippen LogP contribution < -0.4 is 10.6 Å². The van der Waals surface area contributed by atoms with E-state index in [0.717, 1.165) is 16.9 Å². The maximum Gasteiger partial charge on any atom is 0.225 e. The lowest BCUT2D eigenvalue weighted by Gasteiger charge is -2.23. The zero-order chi connectivity index (χ0) is 16.7. The summed E-state index contributed by atoms with van der Waals surface area (Å²) in [7, 11) is 0. The van der Waals surface area contributed by atoms with Gasteiger partial charge < -0.3 is 10.6 Å². The number of pyridine rings is 1. The molecule has 1 amide bonds. The van der Waals surface area contributed by atoms with Crippen LogP contribution in [0.2, 0.25) is 0 Å². The second kappa shape index (κ2) is 7.88. The third kappa shape index (κ3) is 5.49. The van der Waals surface area contributed by atoms with E-state index in [4.69, 9.17) is 0 Å². The molecular formula is C19H25N3O. The van der Waals surface area contributed by atoms with E-state index < -0.39 is 0 Å². The van der Waals surface area contributed by atoms with Crippen molar-refractivity contribution >= 4 is 11.6 Å². The molecule has 2 rings (SSSR count). The molecule has 2 aromatic rings. The van der Waals surface area contributed by atoms with Crippen LogP contribution in [0.5, 0.6) is 0 Å². The van der Waals surface area contributed by atoms with Crippen molar-refractivity contribution < 1.29 is 4.79 Å². The van der Waals surface area contributed by atoms with Gasteiger partial charge in [-0.25, -0.2) is 0 Å². The Kier molecular flexibility index (Phi) is 5.88. The number of carbonyl (C=O) groups excluding carboxylic acids is 1. The minimum Gasteiger partial charge on any atom is -0.326 e. The SMILES string of the molecule is CC(C)(C)c1ccccc1NC(=O)CCNCc1ccccn1. The Balaban J connectivity index is 1.81. The van der Waals surface area contributed by atoms with Gasteiger partial charge in [-0.05, 0) is 29.2 Å². The van der Waals surface area contributed by atoms with E-state index in [0.29, 0.717) is 19.5 Å². The number of rotatable bonds is 6. The van der Waals surface area contributed by atoms with Gasteiger partial charge in [0.2, 0.25) is 5.91 Å². The smallest absolute Gasteiger partial charge is 0.225 e. The van der Waals surface area contributed by atoms with Crippen LogP contribution in [0.4, 0.5) is 5.69 Å². The molecule has 0 saturated carbocycles. The van der Waals surface area contributed by atoms with Gasteiger partial charge in [0.25, 0.3) is 0 Å². The highest BCUT2D eigenvalue weighted by molar-refractivity contribution is 5.91. The van der Waals surface area contributed by atoms with Gasteiger partial charge in [-0.15, -0.1) is 0 Å². The number of nitrogens with one attached hydrogen (secondary N) is 2. The number of hydrogen-bond acceptors (Lipinski definition) is 3. The summed E-state index contributed by atoms with van der Waals surface area (Å²) in [6.07, 6.45) is 2.21. The molecule has 23 heavy (non-hydrogen) atoms.